The van der Waals surface area contributed by atoms with Crippen molar-refractivity contribution in [2.24, 2.45) is 5.73 Å². The second-order valence-corrected chi connectivity index (χ2v) is 6.61. The number of aliphatic hydroxyl groups excluding tert-OH is 1. The molecule has 0 aliphatic carbocycles. The average Bonchev–Trinajstić information content (AvgIpc) is 2.77. The maximum Gasteiger partial charge on any atom is 0.154 e. The van der Waals surface area contributed by atoms with Crippen LogP contribution in [0.1, 0.15) is 17.4 Å². The standard InChI is InChI=1S/C17H16N2O2.C6H9N3/c18-15-13-9-5-4-6-11(13)10-14(16(15)20)17(21)19-12-7-2-1-3-8-12;7-4-5-2-1-3-9-6(5)8/h1-10,17,19-21H,18H2;1-3H,4,7H2,(H2,8,9). The summed E-state index contributed by atoms with van der Waals surface area (Å²) >= 11 is 0. The lowest BCUT2D eigenvalue weighted by atomic mass is 10.0. The molecule has 0 fully saturated rings. The number of hydrogen-bond acceptors (Lipinski definition) is 7. The van der Waals surface area contributed by atoms with Gasteiger partial charge < -0.3 is 32.7 Å². The number of hydrogen-bond donors (Lipinski definition) is 6. The summed E-state index contributed by atoms with van der Waals surface area (Å²) in [5.41, 5.74) is 19.0. The van der Waals surface area contributed by atoms with Gasteiger partial charge >= 0.3 is 0 Å². The number of fused-ring (bicyclic) bond motifs is 1. The van der Waals surface area contributed by atoms with Crippen LogP contribution >= 0.6 is 0 Å². The molecule has 7 nitrogen and oxygen atoms in total. The Morgan fingerprint density at radius 2 is 1.63 bits per heavy atom. The van der Waals surface area contributed by atoms with E-state index in [0.717, 1.165) is 22.0 Å². The fourth-order valence-electron chi connectivity index (χ4n) is 2.99. The highest BCUT2D eigenvalue weighted by Crippen LogP contribution is 2.36. The third-order valence-electron chi connectivity index (χ3n) is 4.61. The number of aromatic hydroxyl groups is 1. The third kappa shape index (κ3) is 4.78. The molecule has 1 heterocycles. The molecule has 1 atom stereocenters. The first-order valence-corrected chi connectivity index (χ1v) is 9.40. The van der Waals surface area contributed by atoms with Crippen molar-refractivity contribution in [3.8, 4) is 5.75 Å². The Hall–Kier alpha value is -3.81. The molecule has 4 aromatic rings. The Bertz CT molecular complexity index is 1120. The van der Waals surface area contributed by atoms with Crippen molar-refractivity contribution in [2.45, 2.75) is 12.8 Å². The van der Waals surface area contributed by atoms with Crippen molar-refractivity contribution in [3.05, 3.63) is 90.1 Å². The lowest BCUT2D eigenvalue weighted by Crippen LogP contribution is -2.10. The number of nitrogen functional groups attached to an aromatic ring is 2. The summed E-state index contributed by atoms with van der Waals surface area (Å²) in [5.74, 6) is 0.435. The predicted octanol–water partition coefficient (Wildman–Crippen LogP) is 3.35. The summed E-state index contributed by atoms with van der Waals surface area (Å²) in [6.45, 7) is 0.458. The van der Waals surface area contributed by atoms with Crippen LogP contribution in [-0.2, 0) is 6.54 Å². The quantitative estimate of drug-likeness (QED) is 0.174. The first-order chi connectivity index (χ1) is 14.5. The number of para-hydroxylation sites is 1. The largest absolute Gasteiger partial charge is 0.505 e. The average molecular weight is 403 g/mol. The predicted molar refractivity (Wildman–Crippen MR) is 122 cm³/mol. The van der Waals surface area contributed by atoms with Crippen molar-refractivity contribution in [1.82, 2.24) is 4.98 Å². The molecule has 0 saturated carbocycles. The van der Waals surface area contributed by atoms with Crippen molar-refractivity contribution in [3.63, 3.8) is 0 Å². The van der Waals surface area contributed by atoms with E-state index in [-0.39, 0.29) is 11.4 Å². The number of nitrogens with one attached hydrogen (secondary N) is 1. The van der Waals surface area contributed by atoms with E-state index in [1.165, 1.54) is 0 Å². The van der Waals surface area contributed by atoms with E-state index in [1.807, 2.05) is 66.7 Å². The Balaban J connectivity index is 0.000000239. The van der Waals surface area contributed by atoms with Crippen molar-refractivity contribution >= 4 is 28.0 Å². The summed E-state index contributed by atoms with van der Waals surface area (Å²) in [4.78, 5) is 3.85. The number of phenolic OH excluding ortho intramolecular Hbond substituents is 1. The normalized spacial score (nSPS) is 11.4. The molecule has 0 saturated heterocycles. The molecule has 1 aromatic heterocycles. The molecule has 0 spiro atoms. The van der Waals surface area contributed by atoms with Crippen LogP contribution in [0.25, 0.3) is 10.8 Å². The monoisotopic (exact) mass is 403 g/mol. The van der Waals surface area contributed by atoms with E-state index in [0.29, 0.717) is 17.9 Å². The molecule has 4 rings (SSSR count). The van der Waals surface area contributed by atoms with E-state index < -0.39 is 6.23 Å². The maximum absolute atomic E-state index is 10.3. The molecule has 0 radical (unpaired) electrons. The van der Waals surface area contributed by atoms with E-state index >= 15 is 0 Å². The van der Waals surface area contributed by atoms with E-state index in [1.54, 1.807) is 12.3 Å². The van der Waals surface area contributed by atoms with Gasteiger partial charge in [-0.05, 0) is 29.7 Å². The number of rotatable bonds is 4. The van der Waals surface area contributed by atoms with Crippen LogP contribution in [0, 0.1) is 0 Å². The van der Waals surface area contributed by atoms with Crippen LogP contribution in [0.5, 0.6) is 5.75 Å². The summed E-state index contributed by atoms with van der Waals surface area (Å²) in [6.07, 6.45) is 0.605. The Morgan fingerprint density at radius 1 is 0.933 bits per heavy atom. The fraction of sp³-hybridized carbons (Fsp3) is 0.0870. The van der Waals surface area contributed by atoms with Crippen LogP contribution in [0.2, 0.25) is 0 Å². The van der Waals surface area contributed by atoms with Crippen LogP contribution in [0.4, 0.5) is 17.2 Å². The SMILES string of the molecule is NCc1cccnc1N.Nc1c(O)c(C(O)Nc2ccccc2)cc2ccccc12. The zero-order valence-corrected chi connectivity index (χ0v) is 16.4. The highest BCUT2D eigenvalue weighted by Gasteiger charge is 2.16. The number of pyridine rings is 1. The third-order valence-corrected chi connectivity index (χ3v) is 4.61. The number of anilines is 3. The minimum Gasteiger partial charge on any atom is -0.505 e. The maximum atomic E-state index is 10.3. The molecule has 1 unspecified atom stereocenters. The van der Waals surface area contributed by atoms with Crippen LogP contribution < -0.4 is 22.5 Å². The lowest BCUT2D eigenvalue weighted by Gasteiger charge is -2.18. The Kier molecular flexibility index (Phi) is 6.69. The van der Waals surface area contributed by atoms with Gasteiger partial charge in [0.05, 0.1) is 5.69 Å². The number of aromatic nitrogens is 1. The second kappa shape index (κ2) is 9.60. The molecule has 9 N–H and O–H groups in total. The molecule has 3 aromatic carbocycles. The minimum absolute atomic E-state index is 0.0929. The molecule has 7 heteroatoms. The Morgan fingerprint density at radius 3 is 2.30 bits per heavy atom. The number of aliphatic hydroxyl groups is 1. The number of nitrogens with two attached hydrogens (primary N) is 3. The smallest absolute Gasteiger partial charge is 0.154 e. The molecule has 0 amide bonds. The molecule has 154 valence electrons. The molecule has 0 bridgehead atoms. The van der Waals surface area contributed by atoms with Gasteiger partial charge in [0.1, 0.15) is 11.6 Å². The first kappa shape index (κ1) is 20.9. The molecular weight excluding hydrogens is 378 g/mol. The molecule has 0 aliphatic heterocycles. The van der Waals surface area contributed by atoms with Gasteiger partial charge in [-0.2, -0.15) is 0 Å². The van der Waals surface area contributed by atoms with E-state index in [2.05, 4.69) is 10.3 Å². The Labute approximate surface area is 174 Å². The van der Waals surface area contributed by atoms with Crippen LogP contribution in [0.15, 0.2) is 79.0 Å². The van der Waals surface area contributed by atoms with E-state index in [4.69, 9.17) is 17.2 Å². The minimum atomic E-state index is -1.04. The number of nitrogens with zero attached hydrogens (tertiary/aromatic N) is 1. The van der Waals surface area contributed by atoms with Crippen LogP contribution in [-0.4, -0.2) is 15.2 Å². The fourth-order valence-corrected chi connectivity index (χ4v) is 2.99. The topological polar surface area (TPSA) is 143 Å². The van der Waals surface area contributed by atoms with Gasteiger partial charge in [0.15, 0.2) is 6.23 Å². The lowest BCUT2D eigenvalue weighted by molar-refractivity contribution is 0.204. The molecular formula is C23H25N5O2. The van der Waals surface area contributed by atoms with Gasteiger partial charge in [-0.3, -0.25) is 0 Å². The summed E-state index contributed by atoms with van der Waals surface area (Å²) in [7, 11) is 0. The van der Waals surface area contributed by atoms with Gasteiger partial charge in [-0.15, -0.1) is 0 Å². The van der Waals surface area contributed by atoms with Crippen LogP contribution in [0.3, 0.4) is 0 Å². The summed E-state index contributed by atoms with van der Waals surface area (Å²) in [5, 5.41) is 25.1. The summed E-state index contributed by atoms with van der Waals surface area (Å²) in [6, 6.07) is 22.2. The zero-order chi connectivity index (χ0) is 21.5. The number of phenols is 1. The second-order valence-electron chi connectivity index (χ2n) is 6.61. The van der Waals surface area contributed by atoms with Gasteiger partial charge in [0, 0.05) is 34.9 Å². The van der Waals surface area contributed by atoms with Crippen molar-refractivity contribution in [1.29, 1.82) is 0 Å². The molecule has 0 aliphatic rings. The van der Waals surface area contributed by atoms with Gasteiger partial charge in [0.2, 0.25) is 0 Å². The first-order valence-electron chi connectivity index (χ1n) is 9.40. The summed E-state index contributed by atoms with van der Waals surface area (Å²) < 4.78 is 0. The van der Waals surface area contributed by atoms with Gasteiger partial charge in [0.25, 0.3) is 0 Å². The highest BCUT2D eigenvalue weighted by molar-refractivity contribution is 5.96. The highest BCUT2D eigenvalue weighted by atomic mass is 16.3. The van der Waals surface area contributed by atoms with Gasteiger partial charge in [-0.1, -0.05) is 48.5 Å². The van der Waals surface area contributed by atoms with Crippen molar-refractivity contribution < 1.29 is 10.2 Å². The van der Waals surface area contributed by atoms with Gasteiger partial charge in [-0.25, -0.2) is 4.98 Å². The van der Waals surface area contributed by atoms with Crippen molar-refractivity contribution in [2.75, 3.05) is 16.8 Å². The zero-order valence-electron chi connectivity index (χ0n) is 16.4. The molecule has 30 heavy (non-hydrogen) atoms. The van der Waals surface area contributed by atoms with E-state index in [9.17, 15) is 10.2 Å². The number of benzene rings is 3.